The molecule has 0 atom stereocenters. The smallest absolute Gasteiger partial charge is 0.363 e. The molecule has 0 unspecified atom stereocenters. The molecule has 4 nitrogen and oxygen atoms in total. The Morgan fingerprint density at radius 1 is 0.938 bits per heavy atom. The lowest BCUT2D eigenvalue weighted by Gasteiger charge is -2.17. The van der Waals surface area contributed by atoms with E-state index in [1.54, 1.807) is 0 Å². The van der Waals surface area contributed by atoms with Gasteiger partial charge in [0.25, 0.3) is 0 Å². The number of nitrogens with one attached hydrogen (secondary N) is 1. The van der Waals surface area contributed by atoms with Crippen LogP contribution < -0.4 is 5.32 Å². The number of nitriles is 1. The summed E-state index contributed by atoms with van der Waals surface area (Å²) in [6.45, 7) is -0.423. The number of alkyl halides is 6. The Morgan fingerprint density at radius 2 is 1.59 bits per heavy atom. The fraction of sp³-hybridized carbons (Fsp3) is 0.150. The molecule has 0 aliphatic rings. The number of halogens is 8. The average molecular weight is 475 g/mol. The molecular formula is C20H10ClF7N4. The van der Waals surface area contributed by atoms with Crippen molar-refractivity contribution in [2.24, 2.45) is 0 Å². The van der Waals surface area contributed by atoms with Crippen LogP contribution in [0.25, 0.3) is 11.1 Å². The summed E-state index contributed by atoms with van der Waals surface area (Å²) in [7, 11) is 0. The third-order valence-electron chi connectivity index (χ3n) is 4.25. The number of rotatable bonds is 4. The molecule has 12 heteroatoms. The summed E-state index contributed by atoms with van der Waals surface area (Å²) in [6.07, 6.45) is -10.4. The summed E-state index contributed by atoms with van der Waals surface area (Å²) in [5.74, 6) is -1.43. The topological polar surface area (TPSA) is 61.6 Å². The van der Waals surface area contributed by atoms with Crippen LogP contribution in [-0.4, -0.2) is 9.97 Å². The Balaban J connectivity index is 2.06. The Labute approximate surface area is 181 Å². The van der Waals surface area contributed by atoms with Crippen LogP contribution in [0.2, 0.25) is 5.15 Å². The number of hydrogen-bond donors (Lipinski definition) is 1. The van der Waals surface area contributed by atoms with Gasteiger partial charge in [0.2, 0.25) is 0 Å². The van der Waals surface area contributed by atoms with Gasteiger partial charge < -0.3 is 5.32 Å². The maximum Gasteiger partial charge on any atom is 0.433 e. The second kappa shape index (κ2) is 8.63. The highest BCUT2D eigenvalue weighted by Gasteiger charge is 2.41. The first-order valence-electron chi connectivity index (χ1n) is 8.65. The second-order valence-corrected chi connectivity index (χ2v) is 6.76. The maximum absolute atomic E-state index is 13.3. The van der Waals surface area contributed by atoms with Crippen molar-refractivity contribution in [3.05, 3.63) is 75.9 Å². The maximum atomic E-state index is 13.3. The van der Waals surface area contributed by atoms with Gasteiger partial charge in [-0.1, -0.05) is 23.7 Å². The van der Waals surface area contributed by atoms with Gasteiger partial charge in [-0.05, 0) is 35.9 Å². The first-order chi connectivity index (χ1) is 14.9. The molecule has 3 aromatic rings. The molecule has 0 bridgehead atoms. The Hall–Kier alpha value is -3.39. The van der Waals surface area contributed by atoms with Crippen molar-refractivity contribution >= 4 is 17.4 Å². The van der Waals surface area contributed by atoms with Gasteiger partial charge in [0.1, 0.15) is 34.1 Å². The predicted octanol–water partition coefficient (Wildman–Crippen LogP) is 6.46. The van der Waals surface area contributed by atoms with Gasteiger partial charge in [0.15, 0.2) is 0 Å². The zero-order valence-corrected chi connectivity index (χ0v) is 16.4. The summed E-state index contributed by atoms with van der Waals surface area (Å²) in [4.78, 5) is 7.21. The van der Waals surface area contributed by atoms with E-state index in [1.807, 2.05) is 0 Å². The second-order valence-electron chi connectivity index (χ2n) is 6.37. The first kappa shape index (κ1) is 23.3. The molecular weight excluding hydrogens is 465 g/mol. The van der Waals surface area contributed by atoms with E-state index in [0.717, 1.165) is 0 Å². The van der Waals surface area contributed by atoms with Crippen molar-refractivity contribution in [2.45, 2.75) is 18.9 Å². The summed E-state index contributed by atoms with van der Waals surface area (Å²) < 4.78 is 92.4. The van der Waals surface area contributed by atoms with Crippen LogP contribution in [0.15, 0.2) is 42.5 Å². The highest BCUT2D eigenvalue weighted by atomic mass is 35.5. The Morgan fingerprint density at radius 3 is 2.16 bits per heavy atom. The molecule has 1 N–H and O–H groups in total. The minimum Gasteiger partial charge on any atom is -0.363 e. The summed E-state index contributed by atoms with van der Waals surface area (Å²) in [5.41, 5.74) is -3.70. The highest BCUT2D eigenvalue weighted by molar-refractivity contribution is 6.29. The van der Waals surface area contributed by atoms with Crippen LogP contribution in [0.4, 0.5) is 36.6 Å². The molecule has 3 rings (SSSR count). The SMILES string of the molecule is N#Cc1c(C(F)(F)F)cc(C(F)(F)F)nc1NCc1nc(Cl)ccc1-c1ccc(F)cc1. The lowest BCUT2D eigenvalue weighted by Crippen LogP contribution is -2.18. The van der Waals surface area contributed by atoms with E-state index in [9.17, 15) is 36.0 Å². The van der Waals surface area contributed by atoms with Crippen LogP contribution in [0.5, 0.6) is 0 Å². The molecule has 0 aliphatic heterocycles. The molecule has 0 radical (unpaired) electrons. The lowest BCUT2D eigenvalue weighted by molar-refractivity contribution is -0.145. The average Bonchev–Trinajstić information content (AvgIpc) is 2.71. The summed E-state index contributed by atoms with van der Waals surface area (Å²) in [6, 6.07) is 9.10. The zero-order valence-electron chi connectivity index (χ0n) is 15.6. The van der Waals surface area contributed by atoms with Crippen LogP contribution in [0.3, 0.4) is 0 Å². The van der Waals surface area contributed by atoms with Crippen molar-refractivity contribution in [3.63, 3.8) is 0 Å². The Kier molecular flexibility index (Phi) is 6.27. The number of benzene rings is 1. The summed E-state index contributed by atoms with van der Waals surface area (Å²) >= 11 is 5.88. The predicted molar refractivity (Wildman–Crippen MR) is 101 cm³/mol. The van der Waals surface area contributed by atoms with Gasteiger partial charge in [-0.25, -0.2) is 14.4 Å². The fourth-order valence-electron chi connectivity index (χ4n) is 2.82. The molecule has 0 saturated heterocycles. The quantitative estimate of drug-likeness (QED) is 0.348. The van der Waals surface area contributed by atoms with Crippen molar-refractivity contribution in [1.29, 1.82) is 5.26 Å². The highest BCUT2D eigenvalue weighted by Crippen LogP contribution is 2.38. The van der Waals surface area contributed by atoms with Gasteiger partial charge >= 0.3 is 12.4 Å². The number of nitrogens with zero attached hydrogens (tertiary/aromatic N) is 3. The van der Waals surface area contributed by atoms with E-state index in [2.05, 4.69) is 15.3 Å². The van der Waals surface area contributed by atoms with Gasteiger partial charge in [-0.15, -0.1) is 0 Å². The molecule has 1 aromatic carbocycles. The van der Waals surface area contributed by atoms with E-state index in [0.29, 0.717) is 11.1 Å². The minimum absolute atomic E-state index is 0.00107. The van der Waals surface area contributed by atoms with E-state index in [1.165, 1.54) is 42.5 Å². The summed E-state index contributed by atoms with van der Waals surface area (Å²) in [5, 5.41) is 11.5. The van der Waals surface area contributed by atoms with Crippen LogP contribution >= 0.6 is 11.6 Å². The normalized spacial score (nSPS) is 11.8. The van der Waals surface area contributed by atoms with Gasteiger partial charge in [-0.2, -0.15) is 31.6 Å². The lowest BCUT2D eigenvalue weighted by atomic mass is 10.0. The van der Waals surface area contributed by atoms with Crippen LogP contribution in [-0.2, 0) is 18.9 Å². The minimum atomic E-state index is -5.22. The van der Waals surface area contributed by atoms with Crippen molar-refractivity contribution in [2.75, 3.05) is 5.32 Å². The number of hydrogen-bond acceptors (Lipinski definition) is 4. The van der Waals surface area contributed by atoms with E-state index in [-0.39, 0.29) is 16.9 Å². The van der Waals surface area contributed by atoms with Gasteiger partial charge in [0, 0.05) is 5.56 Å². The molecule has 0 fully saturated rings. The number of anilines is 1. The number of aromatic nitrogens is 2. The molecule has 166 valence electrons. The van der Waals surface area contributed by atoms with Crippen molar-refractivity contribution in [1.82, 2.24) is 9.97 Å². The Bertz CT molecular complexity index is 1180. The molecule has 0 spiro atoms. The van der Waals surface area contributed by atoms with Gasteiger partial charge in [-0.3, -0.25) is 0 Å². The van der Waals surface area contributed by atoms with E-state index in [4.69, 9.17) is 11.6 Å². The van der Waals surface area contributed by atoms with Crippen LogP contribution in [0, 0.1) is 17.1 Å². The third-order valence-corrected chi connectivity index (χ3v) is 4.46. The molecule has 2 heterocycles. The van der Waals surface area contributed by atoms with Gasteiger partial charge in [0.05, 0.1) is 17.8 Å². The number of pyridine rings is 2. The van der Waals surface area contributed by atoms with Crippen molar-refractivity contribution < 1.29 is 30.7 Å². The molecule has 32 heavy (non-hydrogen) atoms. The third kappa shape index (κ3) is 5.08. The largest absolute Gasteiger partial charge is 0.433 e. The monoisotopic (exact) mass is 474 g/mol. The molecule has 0 aliphatic carbocycles. The van der Waals surface area contributed by atoms with E-state index >= 15 is 0 Å². The van der Waals surface area contributed by atoms with Crippen LogP contribution in [0.1, 0.15) is 22.5 Å². The standard InChI is InChI=1S/C20H10ClF7N4/c21-17-6-5-12(10-1-3-11(22)4-2-10)15(31-17)9-30-18-13(8-29)14(19(23,24)25)7-16(32-18)20(26,27)28/h1-7H,9H2,(H,30,32). The molecule has 2 aromatic heterocycles. The first-order valence-corrected chi connectivity index (χ1v) is 9.02. The zero-order chi connectivity index (χ0) is 23.7. The molecule has 0 saturated carbocycles. The fourth-order valence-corrected chi connectivity index (χ4v) is 2.99. The molecule has 0 amide bonds. The van der Waals surface area contributed by atoms with Crippen molar-refractivity contribution in [3.8, 4) is 17.2 Å². The van der Waals surface area contributed by atoms with E-state index < -0.39 is 47.4 Å².